The van der Waals surface area contributed by atoms with Crippen LogP contribution in [0.25, 0.3) is 0 Å². The Balaban J connectivity index is 1.87. The van der Waals surface area contributed by atoms with Gasteiger partial charge in [-0.05, 0) is 43.2 Å². The van der Waals surface area contributed by atoms with Crippen LogP contribution >= 0.6 is 0 Å². The molecule has 0 aromatic heterocycles. The maximum absolute atomic E-state index is 12.6. The Labute approximate surface area is 127 Å². The zero-order valence-corrected chi connectivity index (χ0v) is 12.2. The number of nitrogens with one attached hydrogen (secondary N) is 1. The lowest BCUT2D eigenvalue weighted by Crippen LogP contribution is -2.38. The highest BCUT2D eigenvalue weighted by molar-refractivity contribution is 5.78. The second kappa shape index (κ2) is 7.13. The lowest BCUT2D eigenvalue weighted by Gasteiger charge is -2.28. The van der Waals surface area contributed by atoms with Gasteiger partial charge in [0.25, 0.3) is 0 Å². The summed E-state index contributed by atoms with van der Waals surface area (Å²) >= 11 is 0. The topological polar surface area (TPSA) is 49.3 Å². The molecule has 1 amide bonds. The van der Waals surface area contributed by atoms with E-state index in [9.17, 15) is 18.0 Å². The fraction of sp³-hybridized carbons (Fsp3) is 0.562. The SMILES string of the molecule is O=C(Cc1cccc(C(F)(F)F)c1)NC1CCC(CO)CC1. The van der Waals surface area contributed by atoms with Gasteiger partial charge >= 0.3 is 6.18 Å². The Morgan fingerprint density at radius 2 is 1.91 bits per heavy atom. The van der Waals surface area contributed by atoms with E-state index in [4.69, 9.17) is 5.11 Å². The van der Waals surface area contributed by atoms with Crippen molar-refractivity contribution in [1.29, 1.82) is 0 Å². The van der Waals surface area contributed by atoms with Gasteiger partial charge in [-0.1, -0.05) is 18.2 Å². The molecule has 1 fully saturated rings. The van der Waals surface area contributed by atoms with E-state index < -0.39 is 11.7 Å². The first-order chi connectivity index (χ1) is 10.4. The lowest BCUT2D eigenvalue weighted by atomic mass is 9.86. The average Bonchev–Trinajstić information content (AvgIpc) is 2.47. The lowest BCUT2D eigenvalue weighted by molar-refractivity contribution is -0.137. The summed E-state index contributed by atoms with van der Waals surface area (Å²) in [6.45, 7) is 0.172. The van der Waals surface area contributed by atoms with Crippen LogP contribution in [0.1, 0.15) is 36.8 Å². The van der Waals surface area contributed by atoms with Gasteiger partial charge in [0.1, 0.15) is 0 Å². The number of halogens is 3. The van der Waals surface area contributed by atoms with E-state index in [0.29, 0.717) is 11.5 Å². The Morgan fingerprint density at radius 3 is 2.50 bits per heavy atom. The number of hydrogen-bond acceptors (Lipinski definition) is 2. The molecule has 1 saturated carbocycles. The van der Waals surface area contributed by atoms with Crippen LogP contribution in [0.4, 0.5) is 13.2 Å². The molecule has 0 bridgehead atoms. The molecule has 0 radical (unpaired) electrons. The molecule has 0 spiro atoms. The predicted octanol–water partition coefficient (Wildman–Crippen LogP) is 2.92. The molecule has 6 heteroatoms. The number of rotatable bonds is 4. The first-order valence-electron chi connectivity index (χ1n) is 7.45. The quantitative estimate of drug-likeness (QED) is 0.897. The maximum atomic E-state index is 12.6. The second-order valence-electron chi connectivity index (χ2n) is 5.84. The van der Waals surface area contributed by atoms with Crippen molar-refractivity contribution in [2.75, 3.05) is 6.61 Å². The third-order valence-electron chi connectivity index (χ3n) is 4.09. The van der Waals surface area contributed by atoms with Crippen molar-refractivity contribution in [2.45, 2.75) is 44.3 Å². The highest BCUT2D eigenvalue weighted by Gasteiger charge is 2.30. The first kappa shape index (κ1) is 16.8. The molecule has 22 heavy (non-hydrogen) atoms. The first-order valence-corrected chi connectivity index (χ1v) is 7.45. The number of amides is 1. The van der Waals surface area contributed by atoms with Gasteiger partial charge in [0, 0.05) is 12.6 Å². The summed E-state index contributed by atoms with van der Waals surface area (Å²) in [5, 5.41) is 11.9. The van der Waals surface area contributed by atoms with Crippen molar-refractivity contribution < 1.29 is 23.1 Å². The van der Waals surface area contributed by atoms with E-state index in [2.05, 4.69) is 5.32 Å². The van der Waals surface area contributed by atoms with Crippen molar-refractivity contribution in [2.24, 2.45) is 5.92 Å². The molecular weight excluding hydrogens is 295 g/mol. The Bertz CT molecular complexity index is 508. The molecule has 1 aliphatic rings. The third-order valence-corrected chi connectivity index (χ3v) is 4.09. The van der Waals surface area contributed by atoms with Crippen molar-refractivity contribution >= 4 is 5.91 Å². The van der Waals surface area contributed by atoms with Crippen LogP contribution in [0.15, 0.2) is 24.3 Å². The van der Waals surface area contributed by atoms with Crippen molar-refractivity contribution in [3.8, 4) is 0 Å². The molecule has 0 saturated heterocycles. The monoisotopic (exact) mass is 315 g/mol. The highest BCUT2D eigenvalue weighted by atomic mass is 19.4. The van der Waals surface area contributed by atoms with Gasteiger partial charge in [-0.3, -0.25) is 4.79 Å². The summed E-state index contributed by atoms with van der Waals surface area (Å²) in [6.07, 6.45) is -1.10. The van der Waals surface area contributed by atoms with Crippen LogP contribution in [-0.4, -0.2) is 23.7 Å². The fourth-order valence-corrected chi connectivity index (χ4v) is 2.81. The van der Waals surface area contributed by atoms with Gasteiger partial charge in [-0.15, -0.1) is 0 Å². The Kier molecular flexibility index (Phi) is 5.45. The predicted molar refractivity (Wildman–Crippen MR) is 76.1 cm³/mol. The minimum absolute atomic E-state index is 0.0517. The van der Waals surface area contributed by atoms with Crippen molar-refractivity contribution in [3.05, 3.63) is 35.4 Å². The van der Waals surface area contributed by atoms with Gasteiger partial charge in [0.2, 0.25) is 5.91 Å². The molecule has 2 rings (SSSR count). The summed E-state index contributed by atoms with van der Waals surface area (Å²) in [6, 6.07) is 4.91. The second-order valence-corrected chi connectivity index (χ2v) is 5.84. The molecule has 3 nitrogen and oxygen atoms in total. The van der Waals surface area contributed by atoms with Gasteiger partial charge in [0.05, 0.1) is 12.0 Å². The molecular formula is C16H20F3NO2. The maximum Gasteiger partial charge on any atom is 0.416 e. The molecule has 1 aliphatic carbocycles. The molecule has 0 atom stereocenters. The van der Waals surface area contributed by atoms with Gasteiger partial charge in [-0.25, -0.2) is 0 Å². The number of aliphatic hydroxyl groups excluding tert-OH is 1. The largest absolute Gasteiger partial charge is 0.416 e. The summed E-state index contributed by atoms with van der Waals surface area (Å²) in [5.41, 5.74) is -0.377. The zero-order chi connectivity index (χ0) is 16.2. The van der Waals surface area contributed by atoms with Crippen LogP contribution < -0.4 is 5.32 Å². The van der Waals surface area contributed by atoms with E-state index in [0.717, 1.165) is 37.8 Å². The van der Waals surface area contributed by atoms with Crippen molar-refractivity contribution in [3.63, 3.8) is 0 Å². The van der Waals surface area contributed by atoms with Gasteiger partial charge < -0.3 is 10.4 Å². The van der Waals surface area contributed by atoms with Gasteiger partial charge in [0.15, 0.2) is 0 Å². The number of aliphatic hydroxyl groups is 1. The van der Waals surface area contributed by atoms with Gasteiger partial charge in [-0.2, -0.15) is 13.2 Å². The molecule has 0 unspecified atom stereocenters. The van der Waals surface area contributed by atoms with Crippen molar-refractivity contribution in [1.82, 2.24) is 5.32 Å². The molecule has 0 heterocycles. The molecule has 2 N–H and O–H groups in total. The van der Waals surface area contributed by atoms with Crippen LogP contribution in [0, 0.1) is 5.92 Å². The summed E-state index contributed by atoms with van der Waals surface area (Å²) in [5.74, 6) is 0.0448. The Morgan fingerprint density at radius 1 is 1.23 bits per heavy atom. The number of carbonyl (C=O) groups is 1. The zero-order valence-electron chi connectivity index (χ0n) is 12.2. The van der Waals surface area contributed by atoms with Crippen LogP contribution in [-0.2, 0) is 17.4 Å². The number of carbonyl (C=O) groups excluding carboxylic acids is 1. The molecule has 1 aromatic rings. The van der Waals surface area contributed by atoms with E-state index in [1.165, 1.54) is 12.1 Å². The Hall–Kier alpha value is -1.56. The number of hydrogen-bond donors (Lipinski definition) is 2. The minimum atomic E-state index is -4.39. The van der Waals surface area contributed by atoms with E-state index in [1.54, 1.807) is 0 Å². The summed E-state index contributed by atoms with van der Waals surface area (Å²) < 4.78 is 37.9. The smallest absolute Gasteiger partial charge is 0.396 e. The van der Waals surface area contributed by atoms with E-state index >= 15 is 0 Å². The molecule has 0 aliphatic heterocycles. The van der Waals surface area contributed by atoms with E-state index in [-0.39, 0.29) is 25.0 Å². The number of alkyl halides is 3. The highest BCUT2D eigenvalue weighted by Crippen LogP contribution is 2.29. The normalized spacial score (nSPS) is 22.4. The standard InChI is InChI=1S/C16H20F3NO2/c17-16(18,19)13-3-1-2-12(8-13)9-15(22)20-14-6-4-11(10-21)5-7-14/h1-3,8,11,14,21H,4-7,9-10H2,(H,20,22). The summed E-state index contributed by atoms with van der Waals surface area (Å²) in [4.78, 5) is 12.0. The molecule has 122 valence electrons. The fourth-order valence-electron chi connectivity index (χ4n) is 2.81. The minimum Gasteiger partial charge on any atom is -0.396 e. The van der Waals surface area contributed by atoms with E-state index in [1.807, 2.05) is 0 Å². The average molecular weight is 315 g/mol. The summed E-state index contributed by atoms with van der Waals surface area (Å²) in [7, 11) is 0. The third kappa shape index (κ3) is 4.73. The van der Waals surface area contributed by atoms with Crippen LogP contribution in [0.2, 0.25) is 0 Å². The van der Waals surface area contributed by atoms with Crippen LogP contribution in [0.3, 0.4) is 0 Å². The molecule has 1 aromatic carbocycles. The van der Waals surface area contributed by atoms with Crippen LogP contribution in [0.5, 0.6) is 0 Å². The number of benzene rings is 1.